The van der Waals surface area contributed by atoms with E-state index >= 15 is 0 Å². The average molecular weight is 276 g/mol. The Hall–Kier alpha value is -1.13. The predicted octanol–water partition coefficient (Wildman–Crippen LogP) is 1.97. The van der Waals surface area contributed by atoms with Crippen molar-refractivity contribution in [2.45, 2.75) is 27.3 Å². The Morgan fingerprint density at radius 2 is 2.00 bits per heavy atom. The standard InChI is InChI=1S/C16H28N4/c1-4-19-7-9-20(10-8-19)16-11-15(5-6-18-16)13-17-12-14(2)3/h5-6,11,14,17H,4,7-10,12-13H2,1-3H3. The zero-order valence-corrected chi connectivity index (χ0v) is 13.1. The first-order valence-electron chi connectivity index (χ1n) is 7.82. The summed E-state index contributed by atoms with van der Waals surface area (Å²) in [4.78, 5) is 9.43. The Morgan fingerprint density at radius 3 is 2.65 bits per heavy atom. The van der Waals surface area contributed by atoms with Crippen molar-refractivity contribution in [1.82, 2.24) is 15.2 Å². The SMILES string of the molecule is CCN1CCN(c2cc(CNCC(C)C)ccn2)CC1. The highest BCUT2D eigenvalue weighted by molar-refractivity contribution is 5.41. The zero-order chi connectivity index (χ0) is 14.4. The first-order chi connectivity index (χ1) is 9.69. The van der Waals surface area contributed by atoms with E-state index in [0.717, 1.165) is 51.6 Å². The van der Waals surface area contributed by atoms with Gasteiger partial charge in [-0.3, -0.25) is 0 Å². The summed E-state index contributed by atoms with van der Waals surface area (Å²) in [6, 6.07) is 4.34. The second kappa shape index (κ2) is 7.60. The molecular formula is C16H28N4. The van der Waals surface area contributed by atoms with Gasteiger partial charge >= 0.3 is 0 Å². The van der Waals surface area contributed by atoms with Gasteiger partial charge in [0.1, 0.15) is 5.82 Å². The van der Waals surface area contributed by atoms with E-state index in [-0.39, 0.29) is 0 Å². The number of rotatable bonds is 6. The molecule has 112 valence electrons. The van der Waals surface area contributed by atoms with Crippen LogP contribution in [-0.2, 0) is 6.54 Å². The third-order valence-corrected chi connectivity index (χ3v) is 3.84. The molecule has 0 atom stereocenters. The molecule has 0 radical (unpaired) electrons. The molecule has 0 unspecified atom stereocenters. The van der Waals surface area contributed by atoms with Crippen LogP contribution in [0.2, 0.25) is 0 Å². The number of hydrogen-bond donors (Lipinski definition) is 1. The second-order valence-electron chi connectivity index (χ2n) is 5.97. The Bertz CT molecular complexity index is 397. The summed E-state index contributed by atoms with van der Waals surface area (Å²) in [5, 5.41) is 3.49. The van der Waals surface area contributed by atoms with E-state index in [2.05, 4.69) is 53.0 Å². The number of nitrogens with zero attached hydrogens (tertiary/aromatic N) is 3. The number of piperazine rings is 1. The second-order valence-corrected chi connectivity index (χ2v) is 5.97. The highest BCUT2D eigenvalue weighted by Crippen LogP contribution is 2.15. The number of pyridine rings is 1. The molecule has 1 aromatic heterocycles. The quantitative estimate of drug-likeness (QED) is 0.861. The summed E-state index contributed by atoms with van der Waals surface area (Å²) in [7, 11) is 0. The van der Waals surface area contributed by atoms with Crippen molar-refractivity contribution in [2.24, 2.45) is 5.92 Å². The minimum Gasteiger partial charge on any atom is -0.354 e. The maximum Gasteiger partial charge on any atom is 0.128 e. The summed E-state index contributed by atoms with van der Waals surface area (Å²) >= 11 is 0. The molecule has 2 heterocycles. The van der Waals surface area contributed by atoms with Crippen molar-refractivity contribution in [2.75, 3.05) is 44.2 Å². The van der Waals surface area contributed by atoms with Gasteiger partial charge in [-0.1, -0.05) is 20.8 Å². The topological polar surface area (TPSA) is 31.4 Å². The zero-order valence-electron chi connectivity index (χ0n) is 13.1. The third-order valence-electron chi connectivity index (χ3n) is 3.84. The molecule has 0 amide bonds. The minimum atomic E-state index is 0.693. The average Bonchev–Trinajstić information content (AvgIpc) is 2.47. The molecule has 1 aliphatic heterocycles. The molecule has 4 nitrogen and oxygen atoms in total. The first-order valence-corrected chi connectivity index (χ1v) is 7.82. The van der Waals surface area contributed by atoms with Crippen molar-refractivity contribution in [3.05, 3.63) is 23.9 Å². The Balaban J connectivity index is 1.89. The molecule has 1 aliphatic rings. The van der Waals surface area contributed by atoms with Crippen LogP contribution in [0.1, 0.15) is 26.3 Å². The monoisotopic (exact) mass is 276 g/mol. The fraction of sp³-hybridized carbons (Fsp3) is 0.688. The van der Waals surface area contributed by atoms with Crippen LogP contribution in [0.4, 0.5) is 5.82 Å². The molecule has 4 heteroatoms. The predicted molar refractivity (Wildman–Crippen MR) is 85.1 cm³/mol. The van der Waals surface area contributed by atoms with E-state index in [1.54, 1.807) is 0 Å². The lowest BCUT2D eigenvalue weighted by Gasteiger charge is -2.34. The number of likely N-dealkylation sites (N-methyl/N-ethyl adjacent to an activating group) is 1. The van der Waals surface area contributed by atoms with Gasteiger partial charge in [-0.25, -0.2) is 4.98 Å². The summed E-state index contributed by atoms with van der Waals surface area (Å²) in [6.07, 6.45) is 1.94. The van der Waals surface area contributed by atoms with Crippen molar-refractivity contribution in [1.29, 1.82) is 0 Å². The van der Waals surface area contributed by atoms with Crippen LogP contribution in [0.25, 0.3) is 0 Å². The van der Waals surface area contributed by atoms with Gasteiger partial charge in [-0.05, 0) is 36.7 Å². The number of anilines is 1. The van der Waals surface area contributed by atoms with Crippen LogP contribution < -0.4 is 10.2 Å². The van der Waals surface area contributed by atoms with Crippen LogP contribution >= 0.6 is 0 Å². The van der Waals surface area contributed by atoms with Crippen LogP contribution in [-0.4, -0.2) is 49.2 Å². The van der Waals surface area contributed by atoms with Gasteiger partial charge in [0.2, 0.25) is 0 Å². The fourth-order valence-electron chi connectivity index (χ4n) is 2.54. The Kier molecular flexibility index (Phi) is 5.80. The van der Waals surface area contributed by atoms with Crippen LogP contribution in [0.5, 0.6) is 0 Å². The lowest BCUT2D eigenvalue weighted by molar-refractivity contribution is 0.270. The maximum atomic E-state index is 4.54. The van der Waals surface area contributed by atoms with Gasteiger partial charge in [0.25, 0.3) is 0 Å². The molecular weight excluding hydrogens is 248 g/mol. The first kappa shape index (κ1) is 15.3. The third kappa shape index (κ3) is 4.46. The van der Waals surface area contributed by atoms with Crippen LogP contribution in [0.15, 0.2) is 18.3 Å². The van der Waals surface area contributed by atoms with E-state index < -0.39 is 0 Å². The van der Waals surface area contributed by atoms with Crippen molar-refractivity contribution >= 4 is 5.82 Å². The normalized spacial score (nSPS) is 16.9. The largest absolute Gasteiger partial charge is 0.354 e. The molecule has 0 saturated carbocycles. The van der Waals surface area contributed by atoms with E-state index in [9.17, 15) is 0 Å². The lowest BCUT2D eigenvalue weighted by Crippen LogP contribution is -2.46. The van der Waals surface area contributed by atoms with Gasteiger partial charge < -0.3 is 15.1 Å². The molecule has 0 bridgehead atoms. The molecule has 1 saturated heterocycles. The summed E-state index contributed by atoms with van der Waals surface area (Å²) in [5.41, 5.74) is 1.33. The molecule has 1 fully saturated rings. The Labute approximate surface area is 123 Å². The maximum absolute atomic E-state index is 4.54. The molecule has 1 N–H and O–H groups in total. The van der Waals surface area contributed by atoms with E-state index in [1.807, 2.05) is 6.20 Å². The van der Waals surface area contributed by atoms with Gasteiger partial charge in [0.05, 0.1) is 0 Å². The van der Waals surface area contributed by atoms with Crippen LogP contribution in [0, 0.1) is 5.92 Å². The Morgan fingerprint density at radius 1 is 1.25 bits per heavy atom. The van der Waals surface area contributed by atoms with Gasteiger partial charge in [0.15, 0.2) is 0 Å². The lowest BCUT2D eigenvalue weighted by atomic mass is 10.2. The van der Waals surface area contributed by atoms with Gasteiger partial charge in [0, 0.05) is 38.9 Å². The molecule has 2 rings (SSSR count). The van der Waals surface area contributed by atoms with Crippen molar-refractivity contribution in [3.8, 4) is 0 Å². The molecule has 1 aromatic rings. The van der Waals surface area contributed by atoms with Crippen molar-refractivity contribution in [3.63, 3.8) is 0 Å². The molecule has 0 spiro atoms. The highest BCUT2D eigenvalue weighted by Gasteiger charge is 2.16. The van der Waals surface area contributed by atoms with E-state index in [4.69, 9.17) is 0 Å². The van der Waals surface area contributed by atoms with Gasteiger partial charge in [-0.15, -0.1) is 0 Å². The summed E-state index contributed by atoms with van der Waals surface area (Å²) in [6.45, 7) is 14.3. The molecule has 0 aromatic carbocycles. The summed E-state index contributed by atoms with van der Waals surface area (Å²) < 4.78 is 0. The molecule has 0 aliphatic carbocycles. The minimum absolute atomic E-state index is 0.693. The fourth-order valence-corrected chi connectivity index (χ4v) is 2.54. The van der Waals surface area contributed by atoms with Crippen LogP contribution in [0.3, 0.4) is 0 Å². The number of nitrogens with one attached hydrogen (secondary N) is 1. The summed E-state index contributed by atoms with van der Waals surface area (Å²) in [5.74, 6) is 1.82. The number of hydrogen-bond acceptors (Lipinski definition) is 4. The highest BCUT2D eigenvalue weighted by atomic mass is 15.3. The van der Waals surface area contributed by atoms with Crippen molar-refractivity contribution < 1.29 is 0 Å². The molecule has 20 heavy (non-hydrogen) atoms. The number of aromatic nitrogens is 1. The van der Waals surface area contributed by atoms with E-state index in [0.29, 0.717) is 5.92 Å². The van der Waals surface area contributed by atoms with Gasteiger partial charge in [-0.2, -0.15) is 0 Å². The smallest absolute Gasteiger partial charge is 0.128 e. The van der Waals surface area contributed by atoms with E-state index in [1.165, 1.54) is 5.56 Å².